The van der Waals surface area contributed by atoms with Crippen molar-refractivity contribution in [1.29, 1.82) is 0 Å². The molecule has 2 N–H and O–H groups in total. The lowest BCUT2D eigenvalue weighted by atomic mass is 9.78. The van der Waals surface area contributed by atoms with Crippen LogP contribution in [0.2, 0.25) is 0 Å². The first-order valence-electron chi connectivity index (χ1n) is 7.33. The number of aromatic nitrogens is 1. The van der Waals surface area contributed by atoms with Crippen molar-refractivity contribution in [2.24, 2.45) is 11.8 Å². The number of rotatable bonds is 4. The third-order valence-corrected chi connectivity index (χ3v) is 4.10. The van der Waals surface area contributed by atoms with Gasteiger partial charge < -0.3 is 10.4 Å². The van der Waals surface area contributed by atoms with E-state index in [1.54, 1.807) is 0 Å². The smallest absolute Gasteiger partial charge is 0.392 e. The van der Waals surface area contributed by atoms with Crippen molar-refractivity contribution in [2.45, 2.75) is 31.9 Å². The Balaban J connectivity index is 1.96. The van der Waals surface area contributed by atoms with Crippen molar-refractivity contribution in [3.8, 4) is 0 Å². The molecule has 2 rings (SSSR count). The van der Waals surface area contributed by atoms with Gasteiger partial charge in [-0.15, -0.1) is 0 Å². The molecule has 1 fully saturated rings. The highest BCUT2D eigenvalue weighted by Crippen LogP contribution is 2.41. The first-order valence-corrected chi connectivity index (χ1v) is 7.33. The van der Waals surface area contributed by atoms with E-state index in [2.05, 4.69) is 10.3 Å². The first-order chi connectivity index (χ1) is 10.8. The number of hydrogen-bond acceptors (Lipinski definition) is 3. The highest BCUT2D eigenvalue weighted by atomic mass is 19.4. The molecular weight excluding hydrogens is 313 g/mol. The molecule has 2 unspecified atom stereocenters. The summed E-state index contributed by atoms with van der Waals surface area (Å²) in [6, 6.07) is 2.46. The van der Waals surface area contributed by atoms with E-state index in [-0.39, 0.29) is 24.2 Å². The molecule has 5 nitrogen and oxygen atoms in total. The second-order valence-electron chi connectivity index (χ2n) is 5.64. The van der Waals surface area contributed by atoms with E-state index in [4.69, 9.17) is 5.11 Å². The predicted molar refractivity (Wildman–Crippen MR) is 75.0 cm³/mol. The van der Waals surface area contributed by atoms with Crippen LogP contribution in [0, 0.1) is 11.8 Å². The van der Waals surface area contributed by atoms with Crippen LogP contribution in [0.1, 0.15) is 46.5 Å². The van der Waals surface area contributed by atoms with E-state index in [1.165, 1.54) is 12.1 Å². The average Bonchev–Trinajstić information content (AvgIpc) is 2.52. The largest absolute Gasteiger partial charge is 0.477 e. The Morgan fingerprint density at radius 3 is 2.52 bits per heavy atom. The zero-order chi connectivity index (χ0) is 17.0. The quantitative estimate of drug-likeness (QED) is 0.890. The van der Waals surface area contributed by atoms with E-state index in [0.29, 0.717) is 12.8 Å². The van der Waals surface area contributed by atoms with E-state index in [9.17, 15) is 22.8 Å². The van der Waals surface area contributed by atoms with E-state index in [1.807, 2.05) is 0 Å². The first kappa shape index (κ1) is 17.2. The molecule has 0 saturated heterocycles. The molecule has 2 atom stereocenters. The maximum Gasteiger partial charge on any atom is 0.392 e. The van der Waals surface area contributed by atoms with Crippen molar-refractivity contribution in [1.82, 2.24) is 10.3 Å². The van der Waals surface area contributed by atoms with Gasteiger partial charge in [0.2, 0.25) is 0 Å². The van der Waals surface area contributed by atoms with E-state index in [0.717, 1.165) is 12.6 Å². The number of halogens is 3. The summed E-state index contributed by atoms with van der Waals surface area (Å²) in [5.74, 6) is -3.78. The topological polar surface area (TPSA) is 79.3 Å². The van der Waals surface area contributed by atoms with E-state index < -0.39 is 29.9 Å². The molecule has 1 heterocycles. The van der Waals surface area contributed by atoms with Gasteiger partial charge in [-0.1, -0.05) is 12.8 Å². The highest BCUT2D eigenvalue weighted by Gasteiger charge is 2.45. The Hall–Kier alpha value is -2.12. The number of nitrogens with one attached hydrogen (secondary N) is 1. The number of hydrogen-bond donors (Lipinski definition) is 2. The van der Waals surface area contributed by atoms with Gasteiger partial charge in [-0.25, -0.2) is 9.78 Å². The number of carbonyl (C=O) groups excluding carboxylic acids is 1. The van der Waals surface area contributed by atoms with Gasteiger partial charge in [-0.05, 0) is 30.9 Å². The molecule has 1 aromatic heterocycles. The molecule has 1 aliphatic carbocycles. The summed E-state index contributed by atoms with van der Waals surface area (Å²) in [7, 11) is 0. The van der Waals surface area contributed by atoms with Crippen LogP contribution in [0.15, 0.2) is 18.3 Å². The van der Waals surface area contributed by atoms with Crippen LogP contribution in [0.5, 0.6) is 0 Å². The fourth-order valence-electron chi connectivity index (χ4n) is 2.86. The number of amides is 1. The molecule has 1 saturated carbocycles. The number of pyridine rings is 1. The Kier molecular flexibility index (Phi) is 5.23. The van der Waals surface area contributed by atoms with Crippen molar-refractivity contribution in [3.63, 3.8) is 0 Å². The molecule has 0 spiro atoms. The number of alkyl halides is 3. The van der Waals surface area contributed by atoms with Gasteiger partial charge in [0, 0.05) is 12.7 Å². The average molecular weight is 330 g/mol. The van der Waals surface area contributed by atoms with Gasteiger partial charge in [0.05, 0.1) is 11.5 Å². The minimum absolute atomic E-state index is 0.0519. The molecule has 23 heavy (non-hydrogen) atoms. The summed E-state index contributed by atoms with van der Waals surface area (Å²) >= 11 is 0. The summed E-state index contributed by atoms with van der Waals surface area (Å²) in [5, 5.41) is 11.2. The van der Waals surface area contributed by atoms with Crippen LogP contribution >= 0.6 is 0 Å². The molecule has 1 aromatic rings. The minimum atomic E-state index is -4.25. The molecule has 0 aromatic carbocycles. The zero-order valence-corrected chi connectivity index (χ0v) is 12.3. The van der Waals surface area contributed by atoms with Crippen molar-refractivity contribution >= 4 is 11.9 Å². The molecule has 1 aliphatic rings. The Bertz CT molecular complexity index is 572. The fourth-order valence-corrected chi connectivity index (χ4v) is 2.86. The standard InChI is InChI=1S/C15H17F3N2O3/c16-15(17,18)11-4-2-1-3-9(11)7-20-13(21)10-5-6-12(14(22)23)19-8-10/h5-6,8-9,11H,1-4,7H2,(H,20,21)(H,22,23). The number of carboxylic acid groups (broad SMARTS) is 1. The van der Waals surface area contributed by atoms with Crippen molar-refractivity contribution < 1.29 is 27.9 Å². The minimum Gasteiger partial charge on any atom is -0.477 e. The third-order valence-electron chi connectivity index (χ3n) is 4.10. The van der Waals surface area contributed by atoms with Gasteiger partial charge >= 0.3 is 12.1 Å². The monoisotopic (exact) mass is 330 g/mol. The molecule has 8 heteroatoms. The van der Waals surface area contributed by atoms with Gasteiger partial charge in [-0.2, -0.15) is 13.2 Å². The lowest BCUT2D eigenvalue weighted by molar-refractivity contribution is -0.195. The predicted octanol–water partition coefficient (Wildman–Crippen LogP) is 2.88. The Labute approximate surface area is 130 Å². The van der Waals surface area contributed by atoms with Gasteiger partial charge in [0.25, 0.3) is 5.91 Å². The SMILES string of the molecule is O=C(NCC1CCCCC1C(F)(F)F)c1ccc(C(=O)O)nc1. The van der Waals surface area contributed by atoms with Crippen LogP contribution in [0.25, 0.3) is 0 Å². The van der Waals surface area contributed by atoms with Gasteiger partial charge in [0.1, 0.15) is 5.69 Å². The molecule has 126 valence electrons. The van der Waals surface area contributed by atoms with E-state index >= 15 is 0 Å². The highest BCUT2D eigenvalue weighted by molar-refractivity contribution is 5.94. The summed E-state index contributed by atoms with van der Waals surface area (Å²) in [6.07, 6.45) is -1.35. The van der Waals surface area contributed by atoms with Crippen LogP contribution in [-0.4, -0.2) is 34.7 Å². The van der Waals surface area contributed by atoms with Crippen LogP contribution < -0.4 is 5.32 Å². The van der Waals surface area contributed by atoms with Gasteiger partial charge in [0.15, 0.2) is 0 Å². The summed E-state index contributed by atoms with van der Waals surface area (Å²) in [6.45, 7) is -0.0519. The second-order valence-corrected chi connectivity index (χ2v) is 5.64. The summed E-state index contributed by atoms with van der Waals surface area (Å²) < 4.78 is 38.9. The third kappa shape index (κ3) is 4.43. The lowest BCUT2D eigenvalue weighted by Crippen LogP contribution is -2.40. The lowest BCUT2D eigenvalue weighted by Gasteiger charge is -2.33. The normalized spacial score (nSPS) is 21.7. The molecule has 0 radical (unpaired) electrons. The summed E-state index contributed by atoms with van der Waals surface area (Å²) in [4.78, 5) is 26.2. The Morgan fingerprint density at radius 2 is 1.96 bits per heavy atom. The number of nitrogens with zero attached hydrogens (tertiary/aromatic N) is 1. The fraction of sp³-hybridized carbons (Fsp3) is 0.533. The molecule has 1 amide bonds. The summed E-state index contributed by atoms with van der Waals surface area (Å²) in [5.41, 5.74) is -0.0830. The van der Waals surface area contributed by atoms with Crippen LogP contribution in [-0.2, 0) is 0 Å². The van der Waals surface area contributed by atoms with Crippen LogP contribution in [0.4, 0.5) is 13.2 Å². The number of carbonyl (C=O) groups is 2. The van der Waals surface area contributed by atoms with Crippen LogP contribution in [0.3, 0.4) is 0 Å². The van der Waals surface area contributed by atoms with Crippen molar-refractivity contribution in [2.75, 3.05) is 6.54 Å². The second kappa shape index (κ2) is 6.97. The van der Waals surface area contributed by atoms with Crippen molar-refractivity contribution in [3.05, 3.63) is 29.6 Å². The molecular formula is C15H17F3N2O3. The molecule has 0 bridgehead atoms. The van der Waals surface area contributed by atoms with Gasteiger partial charge in [-0.3, -0.25) is 4.79 Å². The Morgan fingerprint density at radius 1 is 1.26 bits per heavy atom. The maximum atomic E-state index is 13.0. The molecule has 0 aliphatic heterocycles. The number of carboxylic acids is 1. The maximum absolute atomic E-state index is 13.0. The zero-order valence-electron chi connectivity index (χ0n) is 12.3. The number of aromatic carboxylic acids is 1.